The molecule has 0 atom stereocenters. The minimum Gasteiger partial charge on any atom is -0.368 e. The molecule has 88 valence electrons. The Bertz CT molecular complexity index is 382. The van der Waals surface area contributed by atoms with Crippen LogP contribution in [0.4, 0.5) is 11.5 Å². The monoisotopic (exact) mass is 241 g/mol. The standard InChI is InChI=1S/C10H15N3O2S/c1-10(2,16-3)7-12-9-6-8(13(14)15)4-5-11-9/h4-6H,7H2,1-3H3,(H,11,12). The number of aromatic nitrogens is 1. The zero-order chi connectivity index (χ0) is 12.2. The van der Waals surface area contributed by atoms with Crippen LogP contribution < -0.4 is 5.32 Å². The van der Waals surface area contributed by atoms with Crippen molar-refractivity contribution >= 4 is 23.3 Å². The summed E-state index contributed by atoms with van der Waals surface area (Å²) in [6.45, 7) is 4.91. The lowest BCUT2D eigenvalue weighted by Crippen LogP contribution is -2.26. The summed E-state index contributed by atoms with van der Waals surface area (Å²) in [5.41, 5.74) is 0.0551. The molecule has 0 aliphatic carbocycles. The molecule has 0 aromatic carbocycles. The lowest BCUT2D eigenvalue weighted by atomic mass is 10.2. The van der Waals surface area contributed by atoms with Crippen molar-refractivity contribution in [3.05, 3.63) is 28.4 Å². The maximum absolute atomic E-state index is 10.6. The number of nitrogens with one attached hydrogen (secondary N) is 1. The number of rotatable bonds is 5. The second-order valence-electron chi connectivity index (χ2n) is 3.97. The molecule has 0 aliphatic rings. The molecule has 0 saturated heterocycles. The normalized spacial score (nSPS) is 11.2. The van der Waals surface area contributed by atoms with Gasteiger partial charge in [0.2, 0.25) is 0 Å². The summed E-state index contributed by atoms with van der Waals surface area (Å²) >= 11 is 1.73. The third kappa shape index (κ3) is 3.69. The summed E-state index contributed by atoms with van der Waals surface area (Å²) in [6, 6.07) is 2.82. The third-order valence-corrected chi connectivity index (χ3v) is 3.45. The Morgan fingerprint density at radius 1 is 1.62 bits per heavy atom. The van der Waals surface area contributed by atoms with Gasteiger partial charge in [-0.1, -0.05) is 0 Å². The summed E-state index contributed by atoms with van der Waals surface area (Å²) in [7, 11) is 0. The molecular weight excluding hydrogens is 226 g/mol. The van der Waals surface area contributed by atoms with Gasteiger partial charge in [-0.3, -0.25) is 10.1 Å². The molecule has 0 amide bonds. The van der Waals surface area contributed by atoms with Gasteiger partial charge in [0.05, 0.1) is 11.0 Å². The van der Waals surface area contributed by atoms with Gasteiger partial charge in [-0.05, 0) is 20.1 Å². The summed E-state index contributed by atoms with van der Waals surface area (Å²) in [4.78, 5) is 14.2. The topological polar surface area (TPSA) is 68.1 Å². The number of pyridine rings is 1. The van der Waals surface area contributed by atoms with E-state index in [9.17, 15) is 10.1 Å². The third-order valence-electron chi connectivity index (χ3n) is 2.20. The molecule has 1 rings (SSSR count). The van der Waals surface area contributed by atoms with Gasteiger partial charge in [0.25, 0.3) is 5.69 Å². The highest BCUT2D eigenvalue weighted by molar-refractivity contribution is 7.99. The van der Waals surface area contributed by atoms with E-state index in [2.05, 4.69) is 24.1 Å². The van der Waals surface area contributed by atoms with Gasteiger partial charge in [0, 0.05) is 23.6 Å². The minimum absolute atomic E-state index is 0.0551. The zero-order valence-electron chi connectivity index (χ0n) is 9.56. The van der Waals surface area contributed by atoms with Gasteiger partial charge in [-0.2, -0.15) is 11.8 Å². The summed E-state index contributed by atoms with van der Waals surface area (Å²) in [5, 5.41) is 13.7. The van der Waals surface area contributed by atoms with Crippen molar-refractivity contribution < 1.29 is 4.92 Å². The molecule has 0 spiro atoms. The van der Waals surface area contributed by atoms with E-state index < -0.39 is 4.92 Å². The maximum Gasteiger partial charge on any atom is 0.274 e. The molecule has 1 heterocycles. The van der Waals surface area contributed by atoms with Crippen molar-refractivity contribution in [1.82, 2.24) is 4.98 Å². The number of nitrogens with zero attached hydrogens (tertiary/aromatic N) is 2. The Hall–Kier alpha value is -1.30. The van der Waals surface area contributed by atoms with Crippen molar-refractivity contribution in [2.75, 3.05) is 18.1 Å². The lowest BCUT2D eigenvalue weighted by Gasteiger charge is -2.22. The molecule has 6 heteroatoms. The first-order valence-corrected chi connectivity index (χ1v) is 6.06. The molecule has 0 bridgehead atoms. The zero-order valence-corrected chi connectivity index (χ0v) is 10.4. The van der Waals surface area contributed by atoms with Crippen LogP contribution in [-0.2, 0) is 0 Å². The van der Waals surface area contributed by atoms with E-state index in [1.54, 1.807) is 11.8 Å². The molecule has 1 aromatic rings. The highest BCUT2D eigenvalue weighted by atomic mass is 32.2. The number of hydrogen-bond acceptors (Lipinski definition) is 5. The Labute approximate surface area is 98.8 Å². The van der Waals surface area contributed by atoms with Crippen molar-refractivity contribution in [3.8, 4) is 0 Å². The molecule has 0 saturated carbocycles. The molecule has 16 heavy (non-hydrogen) atoms. The van der Waals surface area contributed by atoms with E-state index in [1.807, 2.05) is 6.26 Å². The molecule has 0 radical (unpaired) electrons. The quantitative estimate of drug-likeness (QED) is 0.633. The number of anilines is 1. The molecule has 0 fully saturated rings. The SMILES string of the molecule is CSC(C)(C)CNc1cc([N+](=O)[O-])ccn1. The fourth-order valence-corrected chi connectivity index (χ4v) is 1.22. The fraction of sp³-hybridized carbons (Fsp3) is 0.500. The van der Waals surface area contributed by atoms with E-state index in [0.717, 1.165) is 0 Å². The average molecular weight is 241 g/mol. The smallest absolute Gasteiger partial charge is 0.274 e. The Balaban J connectivity index is 2.68. The van der Waals surface area contributed by atoms with Crippen LogP contribution in [-0.4, -0.2) is 27.5 Å². The highest BCUT2D eigenvalue weighted by Crippen LogP contribution is 2.22. The van der Waals surface area contributed by atoms with E-state index in [1.165, 1.54) is 18.3 Å². The Kier molecular flexibility index (Phi) is 4.12. The van der Waals surface area contributed by atoms with Crippen molar-refractivity contribution in [1.29, 1.82) is 0 Å². The van der Waals surface area contributed by atoms with Crippen molar-refractivity contribution in [3.63, 3.8) is 0 Å². The Morgan fingerprint density at radius 2 is 2.31 bits per heavy atom. The summed E-state index contributed by atoms with van der Waals surface area (Å²) < 4.78 is 0.0757. The molecule has 0 unspecified atom stereocenters. The first-order chi connectivity index (χ1) is 7.44. The van der Waals surface area contributed by atoms with Gasteiger partial charge >= 0.3 is 0 Å². The summed E-state index contributed by atoms with van der Waals surface area (Å²) in [5.74, 6) is 0.538. The highest BCUT2D eigenvalue weighted by Gasteiger charge is 2.16. The molecule has 5 nitrogen and oxygen atoms in total. The van der Waals surface area contributed by atoms with Crippen LogP contribution in [0.15, 0.2) is 18.3 Å². The fourth-order valence-electron chi connectivity index (χ4n) is 1.01. The van der Waals surface area contributed by atoms with E-state index in [4.69, 9.17) is 0 Å². The van der Waals surface area contributed by atoms with E-state index in [-0.39, 0.29) is 10.4 Å². The lowest BCUT2D eigenvalue weighted by molar-refractivity contribution is -0.384. The minimum atomic E-state index is -0.424. The predicted molar refractivity (Wildman–Crippen MR) is 67.0 cm³/mol. The van der Waals surface area contributed by atoms with Gasteiger partial charge in [0.1, 0.15) is 5.82 Å². The Morgan fingerprint density at radius 3 is 2.88 bits per heavy atom. The van der Waals surface area contributed by atoms with Crippen LogP contribution in [0.2, 0.25) is 0 Å². The van der Waals surface area contributed by atoms with Gasteiger partial charge < -0.3 is 5.32 Å². The van der Waals surface area contributed by atoms with Crippen molar-refractivity contribution in [2.45, 2.75) is 18.6 Å². The molecule has 1 aromatic heterocycles. The van der Waals surface area contributed by atoms with E-state index >= 15 is 0 Å². The predicted octanol–water partition coefficient (Wildman–Crippen LogP) is 2.54. The van der Waals surface area contributed by atoms with Crippen LogP contribution in [0.5, 0.6) is 0 Å². The van der Waals surface area contributed by atoms with Crippen LogP contribution in [0, 0.1) is 10.1 Å². The first-order valence-electron chi connectivity index (χ1n) is 4.84. The second kappa shape index (κ2) is 5.16. The average Bonchev–Trinajstić information content (AvgIpc) is 2.27. The summed E-state index contributed by atoms with van der Waals surface area (Å²) in [6.07, 6.45) is 3.47. The van der Waals surface area contributed by atoms with Crippen molar-refractivity contribution in [2.24, 2.45) is 0 Å². The van der Waals surface area contributed by atoms with Crippen LogP contribution in [0.25, 0.3) is 0 Å². The largest absolute Gasteiger partial charge is 0.368 e. The number of hydrogen-bond donors (Lipinski definition) is 1. The molecule has 1 N–H and O–H groups in total. The van der Waals surface area contributed by atoms with Crippen LogP contribution in [0.3, 0.4) is 0 Å². The molecule has 0 aliphatic heterocycles. The van der Waals surface area contributed by atoms with Crippen LogP contribution >= 0.6 is 11.8 Å². The molecular formula is C10H15N3O2S. The van der Waals surface area contributed by atoms with Gasteiger partial charge in [-0.25, -0.2) is 4.98 Å². The van der Waals surface area contributed by atoms with Crippen LogP contribution in [0.1, 0.15) is 13.8 Å². The number of thioether (sulfide) groups is 1. The second-order valence-corrected chi connectivity index (χ2v) is 5.49. The first kappa shape index (κ1) is 12.8. The maximum atomic E-state index is 10.6. The van der Waals surface area contributed by atoms with E-state index in [0.29, 0.717) is 12.4 Å². The van der Waals surface area contributed by atoms with Gasteiger partial charge in [-0.15, -0.1) is 0 Å². The number of nitro groups is 1. The van der Waals surface area contributed by atoms with Gasteiger partial charge in [0.15, 0.2) is 0 Å².